The van der Waals surface area contributed by atoms with Crippen LogP contribution in [0.25, 0.3) is 21.6 Å². The summed E-state index contributed by atoms with van der Waals surface area (Å²) < 4.78 is 0. The zero-order valence-corrected chi connectivity index (χ0v) is 30.8. The van der Waals surface area contributed by atoms with Crippen LogP contribution in [-0.2, 0) is 19.2 Å². The molecular formula is C40H50N6O5S. The van der Waals surface area contributed by atoms with Gasteiger partial charge in [0.05, 0.1) is 28.6 Å². The van der Waals surface area contributed by atoms with Gasteiger partial charge in [-0.3, -0.25) is 24.0 Å². The molecule has 3 fully saturated rings. The minimum Gasteiger partial charge on any atom is -0.376 e. The van der Waals surface area contributed by atoms with Gasteiger partial charge >= 0.3 is 0 Å². The van der Waals surface area contributed by atoms with Crippen LogP contribution in [0.4, 0.5) is 5.69 Å². The van der Waals surface area contributed by atoms with E-state index in [9.17, 15) is 19.2 Å². The normalized spacial score (nSPS) is 19.0. The van der Waals surface area contributed by atoms with E-state index in [0.717, 1.165) is 59.3 Å². The third-order valence-electron chi connectivity index (χ3n) is 9.11. The van der Waals surface area contributed by atoms with Crippen molar-refractivity contribution >= 4 is 45.8 Å². The van der Waals surface area contributed by atoms with Crippen molar-refractivity contribution in [2.75, 3.05) is 18.4 Å². The van der Waals surface area contributed by atoms with Crippen LogP contribution < -0.4 is 22.1 Å². The molecule has 0 bridgehead atoms. The van der Waals surface area contributed by atoms with Gasteiger partial charge in [0.2, 0.25) is 17.7 Å². The molecule has 5 N–H and O–H groups in total. The summed E-state index contributed by atoms with van der Waals surface area (Å²) in [5, 5.41) is 4.98. The number of amides is 3. The summed E-state index contributed by atoms with van der Waals surface area (Å²) >= 11 is 1.52. The van der Waals surface area contributed by atoms with E-state index in [2.05, 4.69) is 39.8 Å². The van der Waals surface area contributed by atoms with Gasteiger partial charge in [0, 0.05) is 18.2 Å². The van der Waals surface area contributed by atoms with Crippen molar-refractivity contribution in [3.63, 3.8) is 0 Å². The number of hydrogen-bond donors (Lipinski definition) is 4. The number of likely N-dealkylation sites (tertiary alicyclic amines) is 1. The monoisotopic (exact) mass is 726 g/mol. The fourth-order valence-electron chi connectivity index (χ4n) is 5.88. The first kappa shape index (κ1) is 38.4. The molecule has 4 aromatic rings. The third kappa shape index (κ3) is 11.6. The summed E-state index contributed by atoms with van der Waals surface area (Å²) in [4.78, 5) is 61.7. The number of carbonyl (C=O) groups excluding carboxylic acids is 3. The van der Waals surface area contributed by atoms with Crippen LogP contribution in [0.15, 0.2) is 83.0 Å². The molecule has 1 aliphatic heterocycles. The Bertz CT molecular complexity index is 1860. The molecule has 11 nitrogen and oxygen atoms in total. The van der Waals surface area contributed by atoms with Gasteiger partial charge < -0.3 is 20.9 Å². The highest BCUT2D eigenvalue weighted by molar-refractivity contribution is 7.13. The van der Waals surface area contributed by atoms with Crippen LogP contribution in [0.3, 0.4) is 0 Å². The number of para-hydroxylation sites is 1. The predicted molar refractivity (Wildman–Crippen MR) is 206 cm³/mol. The fourth-order valence-corrected chi connectivity index (χ4v) is 6.60. The zero-order chi connectivity index (χ0) is 36.9. The molecule has 276 valence electrons. The average Bonchev–Trinajstić information content (AvgIpc) is 4.01. The molecule has 0 spiro atoms. The van der Waals surface area contributed by atoms with Gasteiger partial charge in [0.15, 0.2) is 0 Å². The lowest BCUT2D eigenvalue weighted by Gasteiger charge is -2.22. The number of hydroxylamine groups is 1. The van der Waals surface area contributed by atoms with Crippen molar-refractivity contribution in [3.8, 4) is 10.6 Å². The van der Waals surface area contributed by atoms with E-state index in [4.69, 9.17) is 10.6 Å². The van der Waals surface area contributed by atoms with Crippen molar-refractivity contribution in [2.45, 2.75) is 83.8 Å². The molecule has 3 heterocycles. The molecule has 52 heavy (non-hydrogen) atoms. The lowest BCUT2D eigenvalue weighted by molar-refractivity contribution is -0.136. The van der Waals surface area contributed by atoms with E-state index < -0.39 is 11.9 Å². The number of H-pyrrole nitrogens is 1. The Kier molecular flexibility index (Phi) is 14.1. The topological polar surface area (TPSA) is 160 Å². The molecule has 3 amide bonds. The summed E-state index contributed by atoms with van der Waals surface area (Å²) in [5.74, 6) is 0.191. The number of benzene rings is 2. The van der Waals surface area contributed by atoms with E-state index in [0.29, 0.717) is 30.7 Å². The number of rotatable bonds is 13. The molecular weight excluding hydrogens is 677 g/mol. The number of nitrogens with two attached hydrogens (primary N) is 1. The number of aryl methyl sites for hydroxylation is 1. The Hall–Kier alpha value is -4.81. The van der Waals surface area contributed by atoms with Crippen LogP contribution in [0.5, 0.6) is 0 Å². The number of thiophene rings is 1. The van der Waals surface area contributed by atoms with Crippen molar-refractivity contribution in [2.24, 2.45) is 17.6 Å². The van der Waals surface area contributed by atoms with Crippen LogP contribution in [0, 0.1) is 18.8 Å². The van der Waals surface area contributed by atoms with E-state index >= 15 is 0 Å². The van der Waals surface area contributed by atoms with E-state index in [-0.39, 0.29) is 29.8 Å². The standard InChI is InChI=1S/C14H23NO2.C13H17N3O2.C13H10N2OS/c1-2-3-4-5-6-7-11-10-13(11)14(16)15-17-12-8-9-12;14-13(18)11-7-4-8-16(11)12(17)9-15-10-5-2-1-3-6-10;1-8-4-5-9-10(7-8)14-12(13(16)15-9)11-3-2-6-17-11/h6-7,11-13H,2-5,8-10H2,1H3,(H,15,16);1-3,5-6,11,15H,4,7-9H2,(H2,14,18);2-7H,1H3,(H,15,16)/b7-6-;;. The van der Waals surface area contributed by atoms with Gasteiger partial charge in [-0.15, -0.1) is 11.3 Å². The molecule has 0 radical (unpaired) electrons. The number of anilines is 1. The van der Waals surface area contributed by atoms with Gasteiger partial charge in [-0.05, 0) is 99.1 Å². The fraction of sp³-hybridized carbons (Fsp3) is 0.425. The van der Waals surface area contributed by atoms with E-state index in [1.807, 2.05) is 73.0 Å². The summed E-state index contributed by atoms with van der Waals surface area (Å²) in [6.07, 6.45) is 14.4. The highest BCUT2D eigenvalue weighted by atomic mass is 32.1. The average molecular weight is 727 g/mol. The van der Waals surface area contributed by atoms with Gasteiger partial charge in [-0.25, -0.2) is 10.5 Å². The van der Waals surface area contributed by atoms with Crippen molar-refractivity contribution in [1.82, 2.24) is 20.3 Å². The summed E-state index contributed by atoms with van der Waals surface area (Å²) in [7, 11) is 0. The van der Waals surface area contributed by atoms with Crippen molar-refractivity contribution < 1.29 is 19.2 Å². The maximum atomic E-state index is 12.0. The number of unbranched alkanes of at least 4 members (excludes halogenated alkanes) is 3. The first-order valence-corrected chi connectivity index (χ1v) is 19.2. The van der Waals surface area contributed by atoms with Crippen molar-refractivity contribution in [3.05, 3.63) is 94.1 Å². The predicted octanol–water partition coefficient (Wildman–Crippen LogP) is 6.50. The number of nitrogens with zero attached hydrogens (tertiary/aromatic N) is 2. The number of nitrogens with one attached hydrogen (secondary N) is 3. The minimum atomic E-state index is -0.435. The Balaban J connectivity index is 0.000000151. The molecule has 2 aromatic carbocycles. The minimum absolute atomic E-state index is 0.0695. The highest BCUT2D eigenvalue weighted by Crippen LogP contribution is 2.40. The van der Waals surface area contributed by atoms with Crippen LogP contribution in [0.2, 0.25) is 0 Å². The summed E-state index contributed by atoms with van der Waals surface area (Å²) in [5.41, 5.74) is 11.8. The molecule has 7 rings (SSSR count). The Labute approximate surface area is 309 Å². The second-order valence-electron chi connectivity index (χ2n) is 13.5. The molecule has 2 saturated carbocycles. The Morgan fingerprint density at radius 3 is 2.60 bits per heavy atom. The van der Waals surface area contributed by atoms with Gasteiger partial charge in [-0.1, -0.05) is 62.2 Å². The molecule has 3 unspecified atom stereocenters. The number of aromatic amines is 1. The van der Waals surface area contributed by atoms with Gasteiger partial charge in [0.1, 0.15) is 11.7 Å². The second kappa shape index (κ2) is 19.1. The van der Waals surface area contributed by atoms with Gasteiger partial charge in [-0.2, -0.15) is 0 Å². The first-order valence-electron chi connectivity index (χ1n) is 18.3. The molecule has 3 atom stereocenters. The largest absolute Gasteiger partial charge is 0.376 e. The second-order valence-corrected chi connectivity index (χ2v) is 14.4. The lowest BCUT2D eigenvalue weighted by Crippen LogP contribution is -2.45. The molecule has 2 aromatic heterocycles. The highest BCUT2D eigenvalue weighted by Gasteiger charge is 2.41. The third-order valence-corrected chi connectivity index (χ3v) is 9.98. The van der Waals surface area contributed by atoms with Crippen molar-refractivity contribution in [1.29, 1.82) is 0 Å². The smallest absolute Gasteiger partial charge is 0.275 e. The zero-order valence-electron chi connectivity index (χ0n) is 30.0. The molecule has 2 aliphatic carbocycles. The van der Waals surface area contributed by atoms with E-state index in [1.165, 1.54) is 30.6 Å². The van der Waals surface area contributed by atoms with Crippen LogP contribution in [0.1, 0.15) is 70.3 Å². The van der Waals surface area contributed by atoms with Crippen LogP contribution >= 0.6 is 11.3 Å². The number of aromatic nitrogens is 2. The lowest BCUT2D eigenvalue weighted by atomic mass is 10.2. The molecule has 12 heteroatoms. The number of fused-ring (bicyclic) bond motifs is 1. The maximum absolute atomic E-state index is 12.0. The SMILES string of the molecule is CCCCC/C=C\C1CC1C(=O)NOC1CC1.Cc1ccc2[nH]c(=O)c(-c3cccs3)nc2c1.NC(=O)C1CCCN1C(=O)CNc1ccccc1. The quantitative estimate of drug-likeness (QED) is 0.0695. The molecule has 3 aliphatic rings. The Morgan fingerprint density at radius 2 is 1.88 bits per heavy atom. The summed E-state index contributed by atoms with van der Waals surface area (Å²) in [6, 6.07) is 18.7. The first-order chi connectivity index (χ1) is 25.2. The number of carbonyl (C=O) groups is 3. The van der Waals surface area contributed by atoms with Crippen LogP contribution in [-0.4, -0.2) is 57.8 Å². The number of hydrogen-bond acceptors (Lipinski definition) is 8. The van der Waals surface area contributed by atoms with Gasteiger partial charge in [0.25, 0.3) is 5.56 Å². The Morgan fingerprint density at radius 1 is 1.08 bits per heavy atom. The maximum Gasteiger partial charge on any atom is 0.275 e. The van der Waals surface area contributed by atoms with E-state index in [1.54, 1.807) is 4.90 Å². The summed E-state index contributed by atoms with van der Waals surface area (Å²) in [6.45, 7) is 5.03. The number of allylic oxidation sites excluding steroid dienone is 2. The number of primary amides is 1. The molecule has 1 saturated heterocycles.